The van der Waals surface area contributed by atoms with E-state index in [1.165, 1.54) is 11.7 Å². The van der Waals surface area contributed by atoms with Gasteiger partial charge in [0, 0.05) is 11.1 Å². The van der Waals surface area contributed by atoms with E-state index < -0.39 is 0 Å². The minimum Gasteiger partial charge on any atom is -0.340 e. The Bertz CT molecular complexity index is 891. The minimum atomic E-state index is 0.655. The number of hydrogen-bond donors (Lipinski definition) is 2. The molecule has 0 aliphatic carbocycles. The summed E-state index contributed by atoms with van der Waals surface area (Å²) in [6.07, 6.45) is 3.13. The van der Waals surface area contributed by atoms with E-state index in [-0.39, 0.29) is 0 Å². The van der Waals surface area contributed by atoms with E-state index in [9.17, 15) is 0 Å². The van der Waals surface area contributed by atoms with Crippen LogP contribution in [-0.2, 0) is 0 Å². The Labute approximate surface area is 114 Å². The van der Waals surface area contributed by atoms with Gasteiger partial charge in [0.1, 0.15) is 11.8 Å². The molecule has 0 unspecified atom stereocenters. The highest BCUT2D eigenvalue weighted by Gasteiger charge is 2.07. The molecule has 0 radical (unpaired) electrons. The number of nitrogens with one attached hydrogen (secondary N) is 2. The topological polar surface area (TPSA) is 66.5 Å². The van der Waals surface area contributed by atoms with Gasteiger partial charge in [-0.3, -0.25) is 0 Å². The summed E-state index contributed by atoms with van der Waals surface area (Å²) >= 11 is 0. The summed E-state index contributed by atoms with van der Waals surface area (Å²) in [5, 5.41) is 5.70. The van der Waals surface area contributed by atoms with E-state index in [1.807, 2.05) is 24.3 Å². The molecule has 0 spiro atoms. The Hall–Kier alpha value is -2.95. The standard InChI is InChI=1S/C15H11N5/c1-2-6-11-10(4-1)5-3-7-12(11)20-15-13-14(17-8-16-13)18-9-19-15/h1-9H,(H2,16,17,18,19,20). The number of aromatic nitrogens is 4. The number of nitrogens with zero attached hydrogens (tertiary/aromatic N) is 3. The first-order valence-electron chi connectivity index (χ1n) is 6.31. The van der Waals surface area contributed by atoms with Crippen molar-refractivity contribution in [3.63, 3.8) is 0 Å². The van der Waals surface area contributed by atoms with E-state index in [0.29, 0.717) is 5.65 Å². The summed E-state index contributed by atoms with van der Waals surface area (Å²) < 4.78 is 0. The van der Waals surface area contributed by atoms with Gasteiger partial charge in [-0.1, -0.05) is 36.4 Å². The van der Waals surface area contributed by atoms with Gasteiger partial charge in [0.05, 0.1) is 6.33 Å². The van der Waals surface area contributed by atoms with Crippen molar-refractivity contribution in [1.29, 1.82) is 0 Å². The number of hydrogen-bond acceptors (Lipinski definition) is 4. The second-order valence-corrected chi connectivity index (χ2v) is 4.48. The fourth-order valence-electron chi connectivity index (χ4n) is 2.32. The van der Waals surface area contributed by atoms with Crippen molar-refractivity contribution in [3.05, 3.63) is 55.1 Å². The molecule has 0 aliphatic heterocycles. The smallest absolute Gasteiger partial charge is 0.182 e. The number of aromatic amines is 1. The maximum Gasteiger partial charge on any atom is 0.182 e. The van der Waals surface area contributed by atoms with Crippen molar-refractivity contribution >= 4 is 33.4 Å². The highest BCUT2D eigenvalue weighted by molar-refractivity contribution is 5.97. The first kappa shape index (κ1) is 10.9. The molecule has 0 saturated heterocycles. The van der Waals surface area contributed by atoms with Crippen molar-refractivity contribution in [1.82, 2.24) is 19.9 Å². The molecule has 5 nitrogen and oxygen atoms in total. The Balaban J connectivity index is 1.87. The van der Waals surface area contributed by atoms with E-state index in [0.717, 1.165) is 22.4 Å². The number of fused-ring (bicyclic) bond motifs is 2. The molecule has 20 heavy (non-hydrogen) atoms. The Morgan fingerprint density at radius 3 is 2.80 bits per heavy atom. The predicted octanol–water partition coefficient (Wildman–Crippen LogP) is 3.25. The van der Waals surface area contributed by atoms with Gasteiger partial charge in [0.15, 0.2) is 11.5 Å². The number of anilines is 2. The van der Waals surface area contributed by atoms with Crippen LogP contribution < -0.4 is 5.32 Å². The third kappa shape index (κ3) is 1.68. The lowest BCUT2D eigenvalue weighted by atomic mass is 10.1. The molecule has 2 N–H and O–H groups in total. The highest BCUT2D eigenvalue weighted by atomic mass is 15.1. The molecule has 0 aliphatic rings. The van der Waals surface area contributed by atoms with Crippen LogP contribution in [0.4, 0.5) is 11.5 Å². The van der Waals surface area contributed by atoms with Gasteiger partial charge < -0.3 is 10.3 Å². The second-order valence-electron chi connectivity index (χ2n) is 4.48. The molecule has 0 saturated carbocycles. The third-order valence-electron chi connectivity index (χ3n) is 3.27. The fourth-order valence-corrected chi connectivity index (χ4v) is 2.32. The van der Waals surface area contributed by atoms with E-state index in [4.69, 9.17) is 0 Å². The first-order chi connectivity index (χ1) is 9.92. The molecule has 4 rings (SSSR count). The second kappa shape index (κ2) is 4.31. The van der Waals surface area contributed by atoms with Gasteiger partial charge in [-0.15, -0.1) is 0 Å². The Morgan fingerprint density at radius 2 is 1.80 bits per heavy atom. The lowest BCUT2D eigenvalue weighted by Gasteiger charge is -2.09. The molecule has 0 bridgehead atoms. The zero-order valence-electron chi connectivity index (χ0n) is 10.5. The molecule has 2 heterocycles. The Kier molecular flexibility index (Phi) is 2.35. The zero-order chi connectivity index (χ0) is 13.4. The lowest BCUT2D eigenvalue weighted by molar-refractivity contribution is 1.20. The van der Waals surface area contributed by atoms with E-state index in [1.54, 1.807) is 6.33 Å². The van der Waals surface area contributed by atoms with Gasteiger partial charge in [0.25, 0.3) is 0 Å². The van der Waals surface area contributed by atoms with Crippen LogP contribution in [0.1, 0.15) is 0 Å². The van der Waals surface area contributed by atoms with Crippen LogP contribution in [0.15, 0.2) is 55.1 Å². The van der Waals surface area contributed by atoms with Crippen LogP contribution >= 0.6 is 0 Å². The average molecular weight is 261 g/mol. The molecule has 2 aromatic carbocycles. The molecular formula is C15H11N5. The van der Waals surface area contributed by atoms with Crippen LogP contribution in [-0.4, -0.2) is 19.9 Å². The van der Waals surface area contributed by atoms with Gasteiger partial charge in [-0.2, -0.15) is 0 Å². The van der Waals surface area contributed by atoms with Crippen molar-refractivity contribution < 1.29 is 0 Å². The Morgan fingerprint density at radius 1 is 0.900 bits per heavy atom. The molecule has 0 atom stereocenters. The van der Waals surface area contributed by atoms with E-state index in [2.05, 4.69) is 43.5 Å². The van der Waals surface area contributed by atoms with E-state index >= 15 is 0 Å². The maximum absolute atomic E-state index is 4.29. The molecule has 0 amide bonds. The molecule has 4 aromatic rings. The van der Waals surface area contributed by atoms with Crippen molar-refractivity contribution in [2.24, 2.45) is 0 Å². The van der Waals surface area contributed by atoms with Crippen LogP contribution in [0.25, 0.3) is 21.9 Å². The van der Waals surface area contributed by atoms with Gasteiger partial charge in [-0.05, 0) is 11.5 Å². The summed E-state index contributed by atoms with van der Waals surface area (Å²) in [6, 6.07) is 14.4. The van der Waals surface area contributed by atoms with Gasteiger partial charge >= 0.3 is 0 Å². The zero-order valence-corrected chi connectivity index (χ0v) is 10.5. The summed E-state index contributed by atoms with van der Waals surface area (Å²) in [4.78, 5) is 15.6. The first-order valence-corrected chi connectivity index (χ1v) is 6.31. The number of rotatable bonds is 2. The molecule has 2 aromatic heterocycles. The molecule has 0 fully saturated rings. The predicted molar refractivity (Wildman–Crippen MR) is 78.9 cm³/mol. The SMILES string of the molecule is c1ccc2c(Nc3ncnc4nc[nH]c34)cccc2c1. The van der Waals surface area contributed by atoms with Crippen molar-refractivity contribution in [2.75, 3.05) is 5.32 Å². The largest absolute Gasteiger partial charge is 0.340 e. The van der Waals surface area contributed by atoms with Crippen LogP contribution in [0.5, 0.6) is 0 Å². The van der Waals surface area contributed by atoms with Crippen LogP contribution in [0.3, 0.4) is 0 Å². The maximum atomic E-state index is 4.29. The average Bonchev–Trinajstić information content (AvgIpc) is 2.97. The number of H-pyrrole nitrogens is 1. The van der Waals surface area contributed by atoms with Crippen LogP contribution in [0, 0.1) is 0 Å². The van der Waals surface area contributed by atoms with Crippen molar-refractivity contribution in [3.8, 4) is 0 Å². The van der Waals surface area contributed by atoms with Crippen molar-refractivity contribution in [2.45, 2.75) is 0 Å². The highest BCUT2D eigenvalue weighted by Crippen LogP contribution is 2.27. The normalized spacial score (nSPS) is 11.0. The summed E-state index contributed by atoms with van der Waals surface area (Å²) in [5.41, 5.74) is 2.47. The summed E-state index contributed by atoms with van der Waals surface area (Å²) in [5.74, 6) is 0.726. The van der Waals surface area contributed by atoms with Crippen LogP contribution in [0.2, 0.25) is 0 Å². The quantitative estimate of drug-likeness (QED) is 0.581. The van der Waals surface area contributed by atoms with Gasteiger partial charge in [-0.25, -0.2) is 15.0 Å². The molecule has 96 valence electrons. The number of benzene rings is 2. The lowest BCUT2D eigenvalue weighted by Crippen LogP contribution is -1.96. The summed E-state index contributed by atoms with van der Waals surface area (Å²) in [7, 11) is 0. The fraction of sp³-hybridized carbons (Fsp3) is 0. The van der Waals surface area contributed by atoms with Gasteiger partial charge in [0.2, 0.25) is 0 Å². The minimum absolute atomic E-state index is 0.655. The molecule has 5 heteroatoms. The molecular weight excluding hydrogens is 250 g/mol. The summed E-state index contributed by atoms with van der Waals surface area (Å²) in [6.45, 7) is 0. The third-order valence-corrected chi connectivity index (χ3v) is 3.27. The number of imidazole rings is 1. The monoisotopic (exact) mass is 261 g/mol.